The molecule has 0 fully saturated rings. The lowest BCUT2D eigenvalue weighted by Gasteiger charge is -2.16. The first-order valence-electron chi connectivity index (χ1n) is 8.72. The first kappa shape index (κ1) is 20.0. The number of fused-ring (bicyclic) bond motifs is 1. The lowest BCUT2D eigenvalue weighted by molar-refractivity contribution is 0.0842. The van der Waals surface area contributed by atoms with E-state index in [0.717, 1.165) is 16.9 Å². The number of carbonyl (C=O) groups is 1. The van der Waals surface area contributed by atoms with Gasteiger partial charge >= 0.3 is 0 Å². The lowest BCUT2D eigenvalue weighted by Crippen LogP contribution is -2.22. The Morgan fingerprint density at radius 2 is 2.00 bits per heavy atom. The van der Waals surface area contributed by atoms with Gasteiger partial charge in [-0.15, -0.1) is 0 Å². The van der Waals surface area contributed by atoms with E-state index in [1.54, 1.807) is 25.2 Å². The molecule has 0 amide bonds. The molecule has 0 spiro atoms. The number of ketones is 1. The zero-order valence-corrected chi connectivity index (χ0v) is 17.2. The lowest BCUT2D eigenvalue weighted by atomic mass is 10.1. The summed E-state index contributed by atoms with van der Waals surface area (Å²) in [5, 5.41) is 10.3. The summed E-state index contributed by atoms with van der Waals surface area (Å²) in [6.45, 7) is 7.90. The Kier molecular flexibility index (Phi) is 6.40. The van der Waals surface area contributed by atoms with Crippen LogP contribution in [0.25, 0.3) is 10.9 Å². The molecule has 0 saturated heterocycles. The van der Waals surface area contributed by atoms with Crippen LogP contribution in [0, 0.1) is 11.3 Å². The molecule has 5 nitrogen and oxygen atoms in total. The number of hydrogen-bond acceptors (Lipinski definition) is 4. The number of benzene rings is 1. The summed E-state index contributed by atoms with van der Waals surface area (Å²) in [7, 11) is 2.41. The molecular weight excluding hydrogens is 342 g/mol. The molecule has 0 saturated carbocycles. The summed E-state index contributed by atoms with van der Waals surface area (Å²) in [4.78, 5) is 14.6. The van der Waals surface area contributed by atoms with Crippen LogP contribution in [0.3, 0.4) is 0 Å². The Balaban J connectivity index is 2.34. The number of nitriles is 1. The average Bonchev–Trinajstić information content (AvgIpc) is 2.93. The quantitative estimate of drug-likeness (QED) is 0.231. The number of hydrogen-bond donors (Lipinski definition) is 0. The third-order valence-corrected chi connectivity index (χ3v) is 5.72. The van der Waals surface area contributed by atoms with Crippen LogP contribution >= 0.6 is 0 Å². The van der Waals surface area contributed by atoms with Gasteiger partial charge in [-0.1, -0.05) is 37.8 Å². The van der Waals surface area contributed by atoms with Gasteiger partial charge in [0.25, 0.3) is 0 Å². The summed E-state index contributed by atoms with van der Waals surface area (Å²) in [5.74, 6) is -0.286. The van der Waals surface area contributed by atoms with Gasteiger partial charge in [-0.3, -0.25) is 4.79 Å². The number of ether oxygens (including phenoxy) is 1. The molecule has 1 aromatic carbocycles. The van der Waals surface area contributed by atoms with E-state index < -0.39 is 8.07 Å². The van der Waals surface area contributed by atoms with E-state index in [1.165, 1.54) is 0 Å². The molecule has 2 rings (SSSR count). The minimum Gasteiger partial charge on any atom is -0.382 e. The highest BCUT2D eigenvalue weighted by Gasteiger charge is 2.20. The Hall–Kier alpha value is -2.36. The molecule has 0 atom stereocenters. The van der Waals surface area contributed by atoms with Crippen molar-refractivity contribution in [2.24, 2.45) is 0 Å². The fourth-order valence-electron chi connectivity index (χ4n) is 2.61. The first-order valence-corrected chi connectivity index (χ1v) is 12.4. The van der Waals surface area contributed by atoms with Gasteiger partial charge in [0.2, 0.25) is 5.78 Å². The average molecular weight is 370 g/mol. The molecule has 138 valence electrons. The summed E-state index contributed by atoms with van der Waals surface area (Å²) >= 11 is 0. The maximum absolute atomic E-state index is 12.9. The van der Waals surface area contributed by atoms with Gasteiger partial charge in [0.15, 0.2) is 0 Å². The largest absolute Gasteiger partial charge is 0.382 e. The molecule has 26 heavy (non-hydrogen) atoms. The van der Waals surface area contributed by atoms with Crippen molar-refractivity contribution in [2.45, 2.75) is 32.4 Å². The van der Waals surface area contributed by atoms with Crippen LogP contribution in [0.4, 0.5) is 0 Å². The van der Waals surface area contributed by atoms with E-state index in [4.69, 9.17) is 4.74 Å². The smallest absolute Gasteiger partial charge is 0.221 e. The number of rotatable bonds is 8. The molecule has 0 radical (unpaired) electrons. The van der Waals surface area contributed by atoms with Gasteiger partial charge in [0, 0.05) is 40.4 Å². The molecule has 1 heterocycles. The van der Waals surface area contributed by atoms with Crippen LogP contribution in [0.15, 0.2) is 42.1 Å². The molecule has 0 N–H and O–H groups in total. The zero-order valence-electron chi connectivity index (χ0n) is 16.2. The maximum atomic E-state index is 12.9. The van der Waals surface area contributed by atoms with Crippen molar-refractivity contribution in [3.63, 3.8) is 0 Å². The molecule has 0 bridgehead atoms. The fourth-order valence-corrected chi connectivity index (χ4v) is 3.36. The summed E-state index contributed by atoms with van der Waals surface area (Å²) in [6.07, 6.45) is 1.55. The van der Waals surface area contributed by atoms with E-state index >= 15 is 0 Å². The molecule has 0 aliphatic heterocycles. The maximum Gasteiger partial charge on any atom is 0.221 e. The van der Waals surface area contributed by atoms with Crippen LogP contribution in [0.1, 0.15) is 10.5 Å². The highest BCUT2D eigenvalue weighted by Crippen LogP contribution is 2.22. The fraction of sp³-hybridized carbons (Fsp3) is 0.400. The Morgan fingerprint density at radius 1 is 1.31 bits per heavy atom. The topological polar surface area (TPSA) is 58.3 Å². The normalized spacial score (nSPS) is 12.2. The molecule has 6 heteroatoms. The van der Waals surface area contributed by atoms with Crippen molar-refractivity contribution < 1.29 is 9.53 Å². The van der Waals surface area contributed by atoms with Crippen molar-refractivity contribution in [1.29, 1.82) is 5.26 Å². The van der Waals surface area contributed by atoms with Gasteiger partial charge in [0.05, 0.1) is 11.2 Å². The van der Waals surface area contributed by atoms with Crippen LogP contribution in [-0.2, 0) is 11.5 Å². The number of carbonyl (C=O) groups excluding carboxylic acids is 1. The van der Waals surface area contributed by atoms with E-state index in [1.807, 2.05) is 41.0 Å². The van der Waals surface area contributed by atoms with Gasteiger partial charge < -0.3 is 14.2 Å². The standard InChI is InChI=1S/C20H27N3O2Si/c1-22(2)14-17(13-21)20(24)19-12-16-8-6-7-9-18(16)23(19)15-25-10-11-26(3,4)5/h6-9,12,14H,10-11,15H2,1-5H3. The van der Waals surface area contributed by atoms with Crippen molar-refractivity contribution >= 4 is 24.8 Å². The summed E-state index contributed by atoms with van der Waals surface area (Å²) < 4.78 is 7.74. The van der Waals surface area contributed by atoms with E-state index in [0.29, 0.717) is 19.0 Å². The number of allylic oxidation sites excluding steroid dienone is 1. The Bertz CT molecular complexity index is 854. The van der Waals surface area contributed by atoms with Gasteiger partial charge in [-0.05, 0) is 18.2 Å². The summed E-state index contributed by atoms with van der Waals surface area (Å²) in [6, 6.07) is 12.7. The zero-order chi connectivity index (χ0) is 19.3. The Labute approximate surface area is 156 Å². The highest BCUT2D eigenvalue weighted by atomic mass is 28.3. The minimum absolute atomic E-state index is 0.112. The molecule has 0 aliphatic rings. The molecular formula is C20H27N3O2Si. The Morgan fingerprint density at radius 3 is 2.62 bits per heavy atom. The van der Waals surface area contributed by atoms with Crippen molar-refractivity contribution in [1.82, 2.24) is 9.47 Å². The van der Waals surface area contributed by atoms with Gasteiger partial charge in [-0.2, -0.15) is 5.26 Å². The second-order valence-electron chi connectivity index (χ2n) is 7.81. The molecule has 1 aromatic heterocycles. The number of aromatic nitrogens is 1. The highest BCUT2D eigenvalue weighted by molar-refractivity contribution is 6.76. The van der Waals surface area contributed by atoms with Crippen LogP contribution in [-0.4, -0.2) is 44.0 Å². The van der Waals surface area contributed by atoms with Gasteiger partial charge in [0.1, 0.15) is 18.4 Å². The third-order valence-electron chi connectivity index (χ3n) is 4.01. The predicted molar refractivity (Wildman–Crippen MR) is 108 cm³/mol. The van der Waals surface area contributed by atoms with Crippen LogP contribution < -0.4 is 0 Å². The first-order chi connectivity index (χ1) is 12.2. The van der Waals surface area contributed by atoms with E-state index in [2.05, 4.69) is 19.6 Å². The second kappa shape index (κ2) is 8.34. The predicted octanol–water partition coefficient (Wildman–Crippen LogP) is 4.11. The minimum atomic E-state index is -1.17. The van der Waals surface area contributed by atoms with Gasteiger partial charge in [-0.25, -0.2) is 0 Å². The van der Waals surface area contributed by atoms with Crippen LogP contribution in [0.5, 0.6) is 0 Å². The van der Waals surface area contributed by atoms with Crippen molar-refractivity contribution in [3.8, 4) is 6.07 Å². The molecule has 2 aromatic rings. The number of para-hydroxylation sites is 1. The number of nitrogens with zero attached hydrogens (tertiary/aromatic N) is 3. The van der Waals surface area contributed by atoms with Crippen LogP contribution in [0.2, 0.25) is 25.7 Å². The second-order valence-corrected chi connectivity index (χ2v) is 13.4. The molecule has 0 aliphatic carbocycles. The van der Waals surface area contributed by atoms with Crippen molar-refractivity contribution in [3.05, 3.63) is 47.8 Å². The third kappa shape index (κ3) is 5.07. The summed E-state index contributed by atoms with van der Waals surface area (Å²) in [5.41, 5.74) is 1.53. The van der Waals surface area contributed by atoms with E-state index in [9.17, 15) is 10.1 Å². The number of Topliss-reactive ketones (excluding diaryl/α,β-unsaturated/α-hetero) is 1. The SMILES string of the molecule is CN(C)C=C(C#N)C(=O)c1cc2ccccc2n1COCC[Si](C)(C)C. The monoisotopic (exact) mass is 369 g/mol. The molecule has 0 unspecified atom stereocenters. The van der Waals surface area contributed by atoms with E-state index in [-0.39, 0.29) is 11.4 Å². The van der Waals surface area contributed by atoms with Crippen molar-refractivity contribution in [2.75, 3.05) is 20.7 Å².